The number of rotatable bonds is 3. The van der Waals surface area contributed by atoms with Gasteiger partial charge in [0.05, 0.1) is 0 Å². The maximum atomic E-state index is 11.9. The zero-order valence-corrected chi connectivity index (χ0v) is 10.3. The fourth-order valence-corrected chi connectivity index (χ4v) is 2.09. The van der Waals surface area contributed by atoms with Crippen molar-refractivity contribution < 1.29 is 4.79 Å². The zero-order chi connectivity index (χ0) is 11.3. The average molecular weight is 212 g/mol. The van der Waals surface area contributed by atoms with Crippen molar-refractivity contribution in [3.8, 4) is 0 Å². The Balaban J connectivity index is 2.38. The molecule has 0 aromatic rings. The van der Waals surface area contributed by atoms with Gasteiger partial charge in [-0.2, -0.15) is 0 Å². The Bertz CT molecular complexity index is 198. The van der Waals surface area contributed by atoms with Crippen LogP contribution in [0.1, 0.15) is 46.5 Å². The molecule has 2 amide bonds. The molecule has 1 atom stereocenters. The number of carbonyl (C=O) groups excluding carboxylic acids is 1. The molecule has 0 aliphatic carbocycles. The highest BCUT2D eigenvalue weighted by atomic mass is 16.2. The van der Waals surface area contributed by atoms with Gasteiger partial charge in [0.1, 0.15) is 0 Å². The molecule has 1 unspecified atom stereocenters. The largest absolute Gasteiger partial charge is 0.335 e. The Hall–Kier alpha value is -0.730. The third-order valence-corrected chi connectivity index (χ3v) is 3.20. The Kier molecular flexibility index (Phi) is 4.92. The van der Waals surface area contributed by atoms with E-state index in [-0.39, 0.29) is 6.03 Å². The van der Waals surface area contributed by atoms with E-state index in [1.54, 1.807) is 0 Å². The molecule has 88 valence electrons. The Morgan fingerprint density at radius 2 is 1.87 bits per heavy atom. The monoisotopic (exact) mass is 212 g/mol. The van der Waals surface area contributed by atoms with Crippen LogP contribution in [0.2, 0.25) is 0 Å². The van der Waals surface area contributed by atoms with E-state index in [1.165, 1.54) is 6.42 Å². The number of hydrogen-bond acceptors (Lipinski definition) is 1. The molecular weight excluding hydrogens is 188 g/mol. The highest BCUT2D eigenvalue weighted by Gasteiger charge is 2.20. The van der Waals surface area contributed by atoms with Crippen molar-refractivity contribution in [2.75, 3.05) is 13.1 Å². The summed E-state index contributed by atoms with van der Waals surface area (Å²) in [6.45, 7) is 8.30. The molecule has 0 aromatic carbocycles. The van der Waals surface area contributed by atoms with Crippen LogP contribution in [0.5, 0.6) is 0 Å². The smallest absolute Gasteiger partial charge is 0.317 e. The van der Waals surface area contributed by atoms with Gasteiger partial charge in [-0.05, 0) is 31.6 Å². The van der Waals surface area contributed by atoms with Crippen LogP contribution in [0.4, 0.5) is 4.79 Å². The number of hydrogen-bond donors (Lipinski definition) is 1. The van der Waals surface area contributed by atoms with E-state index < -0.39 is 0 Å². The topological polar surface area (TPSA) is 32.3 Å². The van der Waals surface area contributed by atoms with E-state index in [9.17, 15) is 4.79 Å². The lowest BCUT2D eigenvalue weighted by atomic mass is 10.0. The molecule has 0 spiro atoms. The number of likely N-dealkylation sites (tertiary alicyclic amines) is 1. The van der Waals surface area contributed by atoms with Crippen LogP contribution >= 0.6 is 0 Å². The van der Waals surface area contributed by atoms with Gasteiger partial charge in [0, 0.05) is 19.1 Å². The summed E-state index contributed by atoms with van der Waals surface area (Å²) in [4.78, 5) is 13.8. The molecule has 1 aliphatic heterocycles. The fraction of sp³-hybridized carbons (Fsp3) is 0.917. The molecule has 3 nitrogen and oxygen atoms in total. The number of nitrogens with zero attached hydrogens (tertiary/aromatic N) is 1. The van der Waals surface area contributed by atoms with Gasteiger partial charge in [0.25, 0.3) is 0 Å². The molecule has 1 N–H and O–H groups in total. The molecule has 15 heavy (non-hydrogen) atoms. The lowest BCUT2D eigenvalue weighted by molar-refractivity contribution is 0.178. The van der Waals surface area contributed by atoms with Crippen LogP contribution in [-0.2, 0) is 0 Å². The molecule has 3 heteroatoms. The summed E-state index contributed by atoms with van der Waals surface area (Å²) in [5.41, 5.74) is 0. The van der Waals surface area contributed by atoms with Gasteiger partial charge in [0.2, 0.25) is 0 Å². The highest BCUT2D eigenvalue weighted by Crippen LogP contribution is 2.11. The minimum Gasteiger partial charge on any atom is -0.335 e. The molecule has 0 saturated carbocycles. The summed E-state index contributed by atoms with van der Waals surface area (Å²) in [6.07, 6.45) is 4.60. The number of amides is 2. The first-order chi connectivity index (χ1) is 7.15. The highest BCUT2D eigenvalue weighted by molar-refractivity contribution is 5.74. The summed E-state index contributed by atoms with van der Waals surface area (Å²) in [6, 6.07) is 0.453. The standard InChI is InChI=1S/C12H24N2O/c1-4-11(10(2)3)13-12(15)14-8-6-5-7-9-14/h10-11H,4-9H2,1-3H3,(H,13,15). The maximum absolute atomic E-state index is 11.9. The van der Waals surface area contributed by atoms with E-state index in [4.69, 9.17) is 0 Å². The van der Waals surface area contributed by atoms with Gasteiger partial charge >= 0.3 is 6.03 Å². The molecule has 0 bridgehead atoms. The van der Waals surface area contributed by atoms with Gasteiger partial charge < -0.3 is 10.2 Å². The first-order valence-electron chi connectivity index (χ1n) is 6.20. The van der Waals surface area contributed by atoms with Crippen LogP contribution < -0.4 is 5.32 Å². The van der Waals surface area contributed by atoms with Crippen molar-refractivity contribution in [3.63, 3.8) is 0 Å². The lowest BCUT2D eigenvalue weighted by Gasteiger charge is -2.30. The molecule has 0 radical (unpaired) electrons. The van der Waals surface area contributed by atoms with Crippen LogP contribution in [0.25, 0.3) is 0 Å². The molecular formula is C12H24N2O. The van der Waals surface area contributed by atoms with E-state index in [0.717, 1.165) is 32.4 Å². The van der Waals surface area contributed by atoms with Crippen LogP contribution in [-0.4, -0.2) is 30.1 Å². The Morgan fingerprint density at radius 1 is 1.27 bits per heavy atom. The number of nitrogens with one attached hydrogen (secondary N) is 1. The van der Waals surface area contributed by atoms with Crippen LogP contribution in [0, 0.1) is 5.92 Å². The van der Waals surface area contributed by atoms with Crippen molar-refractivity contribution in [2.45, 2.75) is 52.5 Å². The van der Waals surface area contributed by atoms with E-state index in [1.807, 2.05) is 4.90 Å². The van der Waals surface area contributed by atoms with Gasteiger partial charge in [-0.1, -0.05) is 20.8 Å². The first kappa shape index (κ1) is 12.3. The molecule has 1 heterocycles. The van der Waals surface area contributed by atoms with Gasteiger partial charge in [-0.25, -0.2) is 4.79 Å². The van der Waals surface area contributed by atoms with Crippen molar-refractivity contribution in [3.05, 3.63) is 0 Å². The van der Waals surface area contributed by atoms with Gasteiger partial charge in [0.15, 0.2) is 0 Å². The zero-order valence-electron chi connectivity index (χ0n) is 10.3. The van der Waals surface area contributed by atoms with Crippen molar-refractivity contribution >= 4 is 6.03 Å². The quantitative estimate of drug-likeness (QED) is 0.766. The second-order valence-corrected chi connectivity index (χ2v) is 4.76. The second kappa shape index (κ2) is 5.99. The molecule has 1 aliphatic rings. The van der Waals surface area contributed by atoms with Crippen molar-refractivity contribution in [1.29, 1.82) is 0 Å². The number of urea groups is 1. The molecule has 1 fully saturated rings. The SMILES string of the molecule is CCC(NC(=O)N1CCCCC1)C(C)C. The Labute approximate surface area is 93.2 Å². The minimum absolute atomic E-state index is 0.134. The lowest BCUT2D eigenvalue weighted by Crippen LogP contribution is -2.48. The summed E-state index contributed by atoms with van der Waals surface area (Å²) in [7, 11) is 0. The molecule has 1 saturated heterocycles. The van der Waals surface area contributed by atoms with Crippen molar-refractivity contribution in [1.82, 2.24) is 10.2 Å². The predicted molar refractivity (Wildman–Crippen MR) is 62.9 cm³/mol. The van der Waals surface area contributed by atoms with Crippen molar-refractivity contribution in [2.24, 2.45) is 5.92 Å². The van der Waals surface area contributed by atoms with Crippen LogP contribution in [0.3, 0.4) is 0 Å². The van der Waals surface area contributed by atoms with E-state index in [2.05, 4.69) is 26.1 Å². The van der Waals surface area contributed by atoms with Gasteiger partial charge in [-0.15, -0.1) is 0 Å². The third kappa shape index (κ3) is 3.73. The summed E-state index contributed by atoms with van der Waals surface area (Å²) in [5, 5.41) is 3.12. The number of carbonyl (C=O) groups is 1. The first-order valence-corrected chi connectivity index (χ1v) is 6.20. The predicted octanol–water partition coefficient (Wildman–Crippen LogP) is 2.62. The average Bonchev–Trinajstić information content (AvgIpc) is 2.26. The summed E-state index contributed by atoms with van der Waals surface area (Å²) in [5.74, 6) is 0.517. The second-order valence-electron chi connectivity index (χ2n) is 4.76. The van der Waals surface area contributed by atoms with Crippen LogP contribution in [0.15, 0.2) is 0 Å². The molecule has 0 aromatic heterocycles. The van der Waals surface area contributed by atoms with Gasteiger partial charge in [-0.3, -0.25) is 0 Å². The number of piperidine rings is 1. The third-order valence-electron chi connectivity index (χ3n) is 3.20. The summed E-state index contributed by atoms with van der Waals surface area (Å²) < 4.78 is 0. The normalized spacial score (nSPS) is 19.1. The summed E-state index contributed by atoms with van der Waals surface area (Å²) >= 11 is 0. The Morgan fingerprint density at radius 3 is 2.33 bits per heavy atom. The fourth-order valence-electron chi connectivity index (χ4n) is 2.09. The van der Waals surface area contributed by atoms with E-state index in [0.29, 0.717) is 12.0 Å². The molecule has 1 rings (SSSR count). The minimum atomic E-state index is 0.134. The van der Waals surface area contributed by atoms with E-state index >= 15 is 0 Å². The maximum Gasteiger partial charge on any atom is 0.317 e.